The van der Waals surface area contributed by atoms with E-state index in [1.165, 1.54) is 12.1 Å². The lowest BCUT2D eigenvalue weighted by Crippen LogP contribution is -2.26. The van der Waals surface area contributed by atoms with Gasteiger partial charge in [-0.2, -0.15) is 0 Å². The summed E-state index contributed by atoms with van der Waals surface area (Å²) >= 11 is 3.10. The van der Waals surface area contributed by atoms with Gasteiger partial charge < -0.3 is 9.84 Å². The smallest absolute Gasteiger partial charge is 0.344 e. The Bertz CT molecular complexity index is 448. The molecule has 17 heavy (non-hydrogen) atoms. The Morgan fingerprint density at radius 2 is 2.29 bits per heavy atom. The third-order valence-electron chi connectivity index (χ3n) is 2.03. The number of carboxylic acid groups (broad SMARTS) is 1. The van der Waals surface area contributed by atoms with Crippen molar-refractivity contribution in [2.24, 2.45) is 0 Å². The van der Waals surface area contributed by atoms with Crippen molar-refractivity contribution in [1.82, 2.24) is 0 Å². The van der Waals surface area contributed by atoms with Crippen LogP contribution in [0, 0.1) is 10.1 Å². The monoisotopic (exact) mass is 303 g/mol. The lowest BCUT2D eigenvalue weighted by atomic mass is 10.2. The molecule has 0 amide bonds. The zero-order valence-electron chi connectivity index (χ0n) is 8.92. The lowest BCUT2D eigenvalue weighted by Gasteiger charge is -2.13. The first-order valence-corrected chi connectivity index (χ1v) is 5.58. The molecule has 0 spiro atoms. The van der Waals surface area contributed by atoms with Crippen LogP contribution in [-0.2, 0) is 4.79 Å². The summed E-state index contributed by atoms with van der Waals surface area (Å²) in [5.74, 6) is -1.20. The molecule has 7 heteroatoms. The molecular formula is C10H10BrNO5. The molecule has 0 aromatic heterocycles. The number of nitro benzene ring substituents is 1. The van der Waals surface area contributed by atoms with Crippen LogP contribution in [0.2, 0.25) is 0 Å². The highest BCUT2D eigenvalue weighted by Crippen LogP contribution is 2.31. The average Bonchev–Trinajstić information content (AvgIpc) is 2.26. The summed E-state index contributed by atoms with van der Waals surface area (Å²) in [7, 11) is 0. The molecule has 6 nitrogen and oxygen atoms in total. The van der Waals surface area contributed by atoms with E-state index in [2.05, 4.69) is 15.9 Å². The van der Waals surface area contributed by atoms with Gasteiger partial charge in [-0.1, -0.05) is 22.9 Å². The van der Waals surface area contributed by atoms with Gasteiger partial charge in [0.1, 0.15) is 0 Å². The van der Waals surface area contributed by atoms with E-state index < -0.39 is 17.0 Å². The zero-order valence-corrected chi connectivity index (χ0v) is 10.5. The molecule has 1 unspecified atom stereocenters. The summed E-state index contributed by atoms with van der Waals surface area (Å²) in [6.45, 7) is 1.63. The minimum Gasteiger partial charge on any atom is -0.479 e. The van der Waals surface area contributed by atoms with Crippen LogP contribution in [-0.4, -0.2) is 22.1 Å². The fourth-order valence-electron chi connectivity index (χ4n) is 1.19. The van der Waals surface area contributed by atoms with Gasteiger partial charge in [-0.3, -0.25) is 10.1 Å². The second-order valence-corrected chi connectivity index (χ2v) is 4.14. The van der Waals surface area contributed by atoms with Gasteiger partial charge in [0.05, 0.1) is 4.92 Å². The van der Waals surface area contributed by atoms with Crippen LogP contribution >= 0.6 is 15.9 Å². The van der Waals surface area contributed by atoms with Gasteiger partial charge in [-0.25, -0.2) is 4.79 Å². The van der Waals surface area contributed by atoms with Gasteiger partial charge in [-0.15, -0.1) is 0 Å². The van der Waals surface area contributed by atoms with Crippen molar-refractivity contribution in [2.45, 2.75) is 19.4 Å². The van der Waals surface area contributed by atoms with Crippen molar-refractivity contribution in [3.05, 3.63) is 32.8 Å². The first kappa shape index (κ1) is 13.4. The zero-order chi connectivity index (χ0) is 13.0. The molecule has 1 rings (SSSR count). The van der Waals surface area contributed by atoms with Crippen LogP contribution in [0.1, 0.15) is 13.3 Å². The third-order valence-corrected chi connectivity index (χ3v) is 2.53. The molecular weight excluding hydrogens is 294 g/mol. The van der Waals surface area contributed by atoms with Crippen molar-refractivity contribution in [3.8, 4) is 5.75 Å². The number of rotatable bonds is 5. The van der Waals surface area contributed by atoms with Gasteiger partial charge in [0.2, 0.25) is 0 Å². The molecule has 92 valence electrons. The molecule has 0 aliphatic carbocycles. The molecule has 0 aliphatic rings. The van der Waals surface area contributed by atoms with Crippen molar-refractivity contribution in [2.75, 3.05) is 0 Å². The van der Waals surface area contributed by atoms with Crippen LogP contribution < -0.4 is 4.74 Å². The fraction of sp³-hybridized carbons (Fsp3) is 0.300. The number of ether oxygens (including phenoxy) is 1. The number of benzene rings is 1. The van der Waals surface area contributed by atoms with Crippen molar-refractivity contribution < 1.29 is 19.6 Å². The largest absolute Gasteiger partial charge is 0.479 e. The summed E-state index contributed by atoms with van der Waals surface area (Å²) in [5, 5.41) is 19.6. The molecule has 1 N–H and O–H groups in total. The molecule has 0 saturated carbocycles. The molecule has 0 bridgehead atoms. The van der Waals surface area contributed by atoms with Crippen LogP contribution in [0.15, 0.2) is 22.7 Å². The Hall–Kier alpha value is -1.63. The minimum absolute atomic E-state index is 0.0487. The quantitative estimate of drug-likeness (QED) is 0.667. The van der Waals surface area contributed by atoms with Crippen LogP contribution in [0.4, 0.5) is 5.69 Å². The summed E-state index contributed by atoms with van der Waals surface area (Å²) < 4.78 is 5.64. The van der Waals surface area contributed by atoms with E-state index in [0.29, 0.717) is 4.47 Å². The van der Waals surface area contributed by atoms with Gasteiger partial charge in [0, 0.05) is 10.5 Å². The number of carboxylic acids is 1. The summed E-state index contributed by atoms with van der Waals surface area (Å²) in [5.41, 5.74) is -0.265. The predicted octanol–water partition coefficient (Wildman–Crippen LogP) is 2.60. The van der Waals surface area contributed by atoms with Crippen LogP contribution in [0.3, 0.4) is 0 Å². The van der Waals surface area contributed by atoms with E-state index >= 15 is 0 Å². The maximum atomic E-state index is 10.8. The fourth-order valence-corrected chi connectivity index (χ4v) is 1.54. The number of nitrogens with zero attached hydrogens (tertiary/aromatic N) is 1. The normalized spacial score (nSPS) is 11.9. The molecule has 1 atom stereocenters. The summed E-state index contributed by atoms with van der Waals surface area (Å²) in [6, 6.07) is 4.19. The average molecular weight is 304 g/mol. The Labute approximate surface area is 105 Å². The highest BCUT2D eigenvalue weighted by molar-refractivity contribution is 9.10. The van der Waals surface area contributed by atoms with E-state index in [1.54, 1.807) is 13.0 Å². The van der Waals surface area contributed by atoms with Gasteiger partial charge in [-0.05, 0) is 18.6 Å². The predicted molar refractivity (Wildman–Crippen MR) is 63.1 cm³/mol. The van der Waals surface area contributed by atoms with E-state index in [1.807, 2.05) is 0 Å². The van der Waals surface area contributed by atoms with E-state index in [-0.39, 0.29) is 17.9 Å². The number of hydrogen-bond acceptors (Lipinski definition) is 4. The number of halogens is 1. The van der Waals surface area contributed by atoms with Crippen molar-refractivity contribution in [3.63, 3.8) is 0 Å². The van der Waals surface area contributed by atoms with Crippen LogP contribution in [0.5, 0.6) is 5.75 Å². The molecule has 0 radical (unpaired) electrons. The summed E-state index contributed by atoms with van der Waals surface area (Å²) in [4.78, 5) is 20.9. The minimum atomic E-state index is -1.15. The molecule has 0 saturated heterocycles. The van der Waals surface area contributed by atoms with Crippen molar-refractivity contribution >= 4 is 27.6 Å². The van der Waals surface area contributed by atoms with E-state index in [0.717, 1.165) is 0 Å². The number of nitro groups is 1. The second kappa shape index (κ2) is 5.62. The Morgan fingerprint density at radius 1 is 1.65 bits per heavy atom. The third kappa shape index (κ3) is 3.42. The Balaban J connectivity index is 3.05. The van der Waals surface area contributed by atoms with E-state index in [4.69, 9.17) is 9.84 Å². The first-order chi connectivity index (χ1) is 7.95. The molecule has 1 aromatic rings. The maximum absolute atomic E-state index is 10.8. The topological polar surface area (TPSA) is 89.7 Å². The highest BCUT2D eigenvalue weighted by Gasteiger charge is 2.22. The number of aliphatic carboxylic acids is 1. The standard InChI is InChI=1S/C10H10BrNO5/c1-2-8(10(13)14)17-9-4-3-6(11)5-7(9)12(15)16/h3-5,8H,2H2,1H3,(H,13,14). The second-order valence-electron chi connectivity index (χ2n) is 3.22. The molecule has 0 aliphatic heterocycles. The van der Waals surface area contributed by atoms with E-state index in [9.17, 15) is 14.9 Å². The van der Waals surface area contributed by atoms with Crippen molar-refractivity contribution in [1.29, 1.82) is 0 Å². The molecule has 0 heterocycles. The summed E-state index contributed by atoms with van der Waals surface area (Å²) in [6.07, 6.45) is -0.863. The maximum Gasteiger partial charge on any atom is 0.344 e. The molecule has 1 aromatic carbocycles. The highest BCUT2D eigenvalue weighted by atomic mass is 79.9. The molecule has 0 fully saturated rings. The number of hydrogen-bond donors (Lipinski definition) is 1. The Morgan fingerprint density at radius 3 is 2.76 bits per heavy atom. The van der Waals surface area contributed by atoms with Gasteiger partial charge in [0.15, 0.2) is 11.9 Å². The Kier molecular flexibility index (Phi) is 4.45. The van der Waals surface area contributed by atoms with Crippen LogP contribution in [0.25, 0.3) is 0 Å². The lowest BCUT2D eigenvalue weighted by molar-refractivity contribution is -0.386. The van der Waals surface area contributed by atoms with Gasteiger partial charge >= 0.3 is 11.7 Å². The SMILES string of the molecule is CCC(Oc1ccc(Br)cc1[N+](=O)[O-])C(=O)O. The van der Waals surface area contributed by atoms with Gasteiger partial charge in [0.25, 0.3) is 0 Å². The first-order valence-electron chi connectivity index (χ1n) is 4.79. The number of carbonyl (C=O) groups is 1.